The van der Waals surface area contributed by atoms with Gasteiger partial charge in [0.25, 0.3) is 0 Å². The van der Waals surface area contributed by atoms with Crippen molar-refractivity contribution in [3.05, 3.63) is 0 Å². The van der Waals surface area contributed by atoms with Gasteiger partial charge in [-0.1, -0.05) is 18.5 Å². The second-order valence-corrected chi connectivity index (χ2v) is 6.95. The number of nitrogens with one attached hydrogen (secondary N) is 1. The molecule has 0 unspecified atom stereocenters. The summed E-state index contributed by atoms with van der Waals surface area (Å²) in [6.07, 6.45) is 8.21. The highest BCUT2D eigenvalue weighted by Gasteiger charge is 2.43. The third kappa shape index (κ3) is 4.09. The lowest BCUT2D eigenvalue weighted by Gasteiger charge is -2.36. The number of rotatable bonds is 7. The molecule has 0 amide bonds. The zero-order valence-corrected chi connectivity index (χ0v) is 12.6. The van der Waals surface area contributed by atoms with E-state index in [0.717, 1.165) is 51.0 Å². The molecule has 20 heavy (non-hydrogen) atoms. The van der Waals surface area contributed by atoms with Crippen LogP contribution in [0, 0.1) is 11.3 Å². The van der Waals surface area contributed by atoms with Gasteiger partial charge in [-0.25, -0.2) is 0 Å². The monoisotopic (exact) mass is 283 g/mol. The quantitative estimate of drug-likeness (QED) is 0.248. The summed E-state index contributed by atoms with van der Waals surface area (Å²) in [5, 5.41) is 25.7. The molecule has 0 bridgehead atoms. The van der Waals surface area contributed by atoms with Crippen LogP contribution < -0.4 is 11.1 Å². The SMILES string of the molecule is CCC1CCC(O)(CNCC2(CC(N)=NO)CC2)CC1. The molecule has 0 saturated heterocycles. The second kappa shape index (κ2) is 6.31. The fourth-order valence-corrected chi connectivity index (χ4v) is 3.37. The molecule has 0 radical (unpaired) electrons. The van der Waals surface area contributed by atoms with Crippen LogP contribution in [0.15, 0.2) is 5.16 Å². The van der Waals surface area contributed by atoms with Gasteiger partial charge in [0.15, 0.2) is 0 Å². The summed E-state index contributed by atoms with van der Waals surface area (Å²) in [6.45, 7) is 3.75. The van der Waals surface area contributed by atoms with Crippen molar-refractivity contribution in [3.8, 4) is 0 Å². The van der Waals surface area contributed by atoms with Gasteiger partial charge in [0, 0.05) is 19.5 Å². The van der Waals surface area contributed by atoms with Gasteiger partial charge in [-0.15, -0.1) is 0 Å². The van der Waals surface area contributed by atoms with Gasteiger partial charge in [0.1, 0.15) is 5.84 Å². The highest BCUT2D eigenvalue weighted by atomic mass is 16.4. The Morgan fingerprint density at radius 3 is 2.40 bits per heavy atom. The summed E-state index contributed by atoms with van der Waals surface area (Å²) in [6, 6.07) is 0. The zero-order valence-electron chi connectivity index (χ0n) is 12.6. The van der Waals surface area contributed by atoms with E-state index in [1.807, 2.05) is 0 Å². The summed E-state index contributed by atoms with van der Waals surface area (Å²) in [7, 11) is 0. The molecule has 2 rings (SSSR count). The Labute approximate surface area is 121 Å². The van der Waals surface area contributed by atoms with Crippen LogP contribution in [0.5, 0.6) is 0 Å². The molecule has 0 heterocycles. The van der Waals surface area contributed by atoms with Crippen LogP contribution in [0.2, 0.25) is 0 Å². The first-order chi connectivity index (χ1) is 9.51. The van der Waals surface area contributed by atoms with Crippen molar-refractivity contribution in [2.75, 3.05) is 13.1 Å². The van der Waals surface area contributed by atoms with Crippen molar-refractivity contribution < 1.29 is 10.3 Å². The Morgan fingerprint density at radius 1 is 1.25 bits per heavy atom. The molecule has 2 fully saturated rings. The van der Waals surface area contributed by atoms with Crippen LogP contribution in [0.3, 0.4) is 0 Å². The normalized spacial score (nSPS) is 33.1. The minimum Gasteiger partial charge on any atom is -0.409 e. The van der Waals surface area contributed by atoms with Crippen molar-refractivity contribution in [2.45, 2.75) is 63.9 Å². The van der Waals surface area contributed by atoms with Crippen molar-refractivity contribution in [1.29, 1.82) is 0 Å². The fraction of sp³-hybridized carbons (Fsp3) is 0.933. The predicted molar refractivity (Wildman–Crippen MR) is 79.8 cm³/mol. The van der Waals surface area contributed by atoms with Crippen molar-refractivity contribution in [2.24, 2.45) is 22.2 Å². The van der Waals surface area contributed by atoms with Crippen LogP contribution in [0.4, 0.5) is 0 Å². The highest BCUT2D eigenvalue weighted by Crippen LogP contribution is 2.48. The minimum atomic E-state index is -0.529. The lowest BCUT2D eigenvalue weighted by molar-refractivity contribution is -0.00925. The maximum absolute atomic E-state index is 10.6. The zero-order chi connectivity index (χ0) is 14.6. The average Bonchev–Trinajstić information content (AvgIpc) is 3.19. The van der Waals surface area contributed by atoms with Gasteiger partial charge in [-0.3, -0.25) is 0 Å². The molecule has 0 aliphatic heterocycles. The van der Waals surface area contributed by atoms with Crippen LogP contribution in [-0.4, -0.2) is 34.8 Å². The molecular formula is C15H29N3O2. The van der Waals surface area contributed by atoms with E-state index in [9.17, 15) is 5.11 Å². The highest BCUT2D eigenvalue weighted by molar-refractivity contribution is 5.80. The molecule has 0 atom stereocenters. The average molecular weight is 283 g/mol. The molecule has 116 valence electrons. The predicted octanol–water partition coefficient (Wildman–Crippen LogP) is 1.82. The summed E-state index contributed by atoms with van der Waals surface area (Å²) in [5.41, 5.74) is 5.22. The van der Waals surface area contributed by atoms with Crippen molar-refractivity contribution >= 4 is 5.84 Å². The molecule has 0 aromatic rings. The van der Waals surface area contributed by atoms with E-state index in [-0.39, 0.29) is 5.41 Å². The molecule has 0 aromatic carbocycles. The first kappa shape index (κ1) is 15.6. The summed E-state index contributed by atoms with van der Waals surface area (Å²) >= 11 is 0. The topological polar surface area (TPSA) is 90.9 Å². The van der Waals surface area contributed by atoms with E-state index in [4.69, 9.17) is 10.9 Å². The van der Waals surface area contributed by atoms with E-state index in [1.165, 1.54) is 6.42 Å². The second-order valence-electron chi connectivity index (χ2n) is 6.95. The smallest absolute Gasteiger partial charge is 0.139 e. The third-order valence-corrected chi connectivity index (χ3v) is 5.21. The lowest BCUT2D eigenvalue weighted by atomic mass is 9.78. The van der Waals surface area contributed by atoms with Crippen LogP contribution in [0.1, 0.15) is 58.3 Å². The summed E-state index contributed by atoms with van der Waals surface area (Å²) < 4.78 is 0. The van der Waals surface area contributed by atoms with E-state index < -0.39 is 5.60 Å². The molecule has 0 spiro atoms. The van der Waals surface area contributed by atoms with E-state index in [2.05, 4.69) is 17.4 Å². The fourth-order valence-electron chi connectivity index (χ4n) is 3.37. The molecule has 2 aliphatic rings. The number of oxime groups is 1. The van der Waals surface area contributed by atoms with E-state index in [1.54, 1.807) is 0 Å². The van der Waals surface area contributed by atoms with Crippen molar-refractivity contribution in [3.63, 3.8) is 0 Å². The van der Waals surface area contributed by atoms with E-state index in [0.29, 0.717) is 18.8 Å². The number of amidine groups is 1. The van der Waals surface area contributed by atoms with Crippen LogP contribution >= 0.6 is 0 Å². The molecular weight excluding hydrogens is 254 g/mol. The number of hydrogen-bond acceptors (Lipinski definition) is 4. The number of hydrogen-bond donors (Lipinski definition) is 4. The minimum absolute atomic E-state index is 0.160. The summed E-state index contributed by atoms with van der Waals surface area (Å²) in [4.78, 5) is 0. The van der Waals surface area contributed by atoms with Gasteiger partial charge in [0.05, 0.1) is 5.60 Å². The molecule has 0 aromatic heterocycles. The number of aliphatic hydroxyl groups is 1. The maximum atomic E-state index is 10.6. The first-order valence-corrected chi connectivity index (χ1v) is 7.90. The Hall–Kier alpha value is -0.810. The standard InChI is InChI=1S/C15H29N3O2/c1-2-12-3-5-15(19,6-4-12)11-17-10-14(7-8-14)9-13(16)18-20/h12,17,19-20H,2-11H2,1H3,(H2,16,18). The van der Waals surface area contributed by atoms with Gasteiger partial charge >= 0.3 is 0 Å². The Kier molecular flexibility index (Phi) is 4.91. The molecule has 2 saturated carbocycles. The molecule has 5 N–H and O–H groups in total. The molecule has 5 nitrogen and oxygen atoms in total. The Bertz CT molecular complexity index is 345. The van der Waals surface area contributed by atoms with Gasteiger partial charge in [0.2, 0.25) is 0 Å². The lowest BCUT2D eigenvalue weighted by Crippen LogP contribution is -2.45. The summed E-state index contributed by atoms with van der Waals surface area (Å²) in [5.74, 6) is 1.11. The number of nitrogens with zero attached hydrogens (tertiary/aromatic N) is 1. The first-order valence-electron chi connectivity index (χ1n) is 7.90. The Morgan fingerprint density at radius 2 is 1.90 bits per heavy atom. The van der Waals surface area contributed by atoms with Crippen molar-refractivity contribution in [1.82, 2.24) is 5.32 Å². The van der Waals surface area contributed by atoms with Gasteiger partial charge in [-0.2, -0.15) is 0 Å². The van der Waals surface area contributed by atoms with Gasteiger partial charge in [-0.05, 0) is 49.9 Å². The number of nitrogens with two attached hydrogens (primary N) is 1. The molecule has 2 aliphatic carbocycles. The Balaban J connectivity index is 1.71. The maximum Gasteiger partial charge on any atom is 0.139 e. The molecule has 5 heteroatoms. The van der Waals surface area contributed by atoms with E-state index >= 15 is 0 Å². The van der Waals surface area contributed by atoms with Gasteiger partial charge < -0.3 is 21.4 Å². The van der Waals surface area contributed by atoms with Crippen LogP contribution in [0.25, 0.3) is 0 Å². The largest absolute Gasteiger partial charge is 0.409 e. The van der Waals surface area contributed by atoms with Crippen LogP contribution in [-0.2, 0) is 0 Å². The third-order valence-electron chi connectivity index (χ3n) is 5.21.